The minimum atomic E-state index is -0.166. The van der Waals surface area contributed by atoms with Gasteiger partial charge in [-0.2, -0.15) is 5.10 Å². The fourth-order valence-electron chi connectivity index (χ4n) is 3.73. The Balaban J connectivity index is 1.45. The summed E-state index contributed by atoms with van der Waals surface area (Å²) in [6, 6.07) is 16.6. The monoisotopic (exact) mass is 377 g/mol. The van der Waals surface area contributed by atoms with Gasteiger partial charge in [0, 0.05) is 19.2 Å². The molecule has 0 spiro atoms. The molecule has 28 heavy (non-hydrogen) atoms. The maximum Gasteiger partial charge on any atom is 0.267 e. The molecule has 3 aromatic rings. The number of hydrogen-bond acceptors (Lipinski definition) is 4. The second-order valence-corrected chi connectivity index (χ2v) is 7.17. The number of piperidine rings is 1. The number of furan rings is 1. The first kappa shape index (κ1) is 18.2. The van der Waals surface area contributed by atoms with Gasteiger partial charge in [0.1, 0.15) is 5.69 Å². The van der Waals surface area contributed by atoms with Gasteiger partial charge in [-0.05, 0) is 43.5 Å². The third-order valence-electron chi connectivity index (χ3n) is 5.39. The second kappa shape index (κ2) is 7.84. The molecule has 4 rings (SSSR count). The summed E-state index contributed by atoms with van der Waals surface area (Å²) in [5, 5.41) is 4.50. The summed E-state index contributed by atoms with van der Waals surface area (Å²) in [6.45, 7) is 3.20. The van der Waals surface area contributed by atoms with Crippen molar-refractivity contribution in [2.45, 2.75) is 31.7 Å². The van der Waals surface area contributed by atoms with Crippen LogP contribution in [0, 0.1) is 0 Å². The van der Waals surface area contributed by atoms with E-state index >= 15 is 0 Å². The number of likely N-dealkylation sites (tertiary alicyclic amines) is 1. The minimum absolute atomic E-state index is 0.0153. The highest BCUT2D eigenvalue weighted by molar-refractivity contribution is 5.83. The molecule has 0 N–H and O–H groups in total. The van der Waals surface area contributed by atoms with Crippen molar-refractivity contribution in [3.8, 4) is 11.5 Å². The third-order valence-corrected chi connectivity index (χ3v) is 5.39. The molecular formula is C22H23N3O3. The molecule has 2 aromatic heterocycles. The molecule has 144 valence electrons. The van der Waals surface area contributed by atoms with Crippen molar-refractivity contribution in [1.82, 2.24) is 14.7 Å². The van der Waals surface area contributed by atoms with E-state index in [2.05, 4.69) is 5.10 Å². The van der Waals surface area contributed by atoms with Gasteiger partial charge in [0.15, 0.2) is 5.76 Å². The summed E-state index contributed by atoms with van der Waals surface area (Å²) in [5.41, 5.74) is 1.54. The van der Waals surface area contributed by atoms with E-state index < -0.39 is 0 Å². The van der Waals surface area contributed by atoms with Crippen molar-refractivity contribution in [3.63, 3.8) is 0 Å². The lowest BCUT2D eigenvalue weighted by atomic mass is 9.97. The highest BCUT2D eigenvalue weighted by atomic mass is 16.3. The Morgan fingerprint density at radius 2 is 1.82 bits per heavy atom. The topological polar surface area (TPSA) is 68.3 Å². The Morgan fingerprint density at radius 1 is 1.07 bits per heavy atom. The molecule has 1 amide bonds. The first-order valence-corrected chi connectivity index (χ1v) is 9.61. The summed E-state index contributed by atoms with van der Waals surface area (Å²) in [4.78, 5) is 27.1. The van der Waals surface area contributed by atoms with Crippen molar-refractivity contribution >= 4 is 5.91 Å². The van der Waals surface area contributed by atoms with E-state index in [4.69, 9.17) is 4.42 Å². The molecule has 1 aliphatic heterocycles. The summed E-state index contributed by atoms with van der Waals surface area (Å²) >= 11 is 0. The largest absolute Gasteiger partial charge is 0.463 e. The Labute approximate surface area is 163 Å². The zero-order valence-corrected chi connectivity index (χ0v) is 15.8. The number of benzene rings is 1. The van der Waals surface area contributed by atoms with Gasteiger partial charge in [0.2, 0.25) is 5.91 Å². The molecule has 1 unspecified atom stereocenters. The molecule has 6 nitrogen and oxygen atoms in total. The Morgan fingerprint density at radius 3 is 2.50 bits per heavy atom. The first-order valence-electron chi connectivity index (χ1n) is 9.61. The average molecular weight is 377 g/mol. The molecule has 3 heterocycles. The van der Waals surface area contributed by atoms with Crippen LogP contribution in [0.4, 0.5) is 0 Å². The van der Waals surface area contributed by atoms with E-state index in [0.717, 1.165) is 5.56 Å². The Kier molecular flexibility index (Phi) is 5.10. The van der Waals surface area contributed by atoms with Gasteiger partial charge in [-0.15, -0.1) is 0 Å². The summed E-state index contributed by atoms with van der Waals surface area (Å²) < 4.78 is 6.93. The molecule has 0 saturated carbocycles. The van der Waals surface area contributed by atoms with Gasteiger partial charge in [0.05, 0.1) is 18.2 Å². The Bertz CT molecular complexity index is 987. The quantitative estimate of drug-likeness (QED) is 0.698. The predicted molar refractivity (Wildman–Crippen MR) is 106 cm³/mol. The first-order chi connectivity index (χ1) is 13.6. The van der Waals surface area contributed by atoms with Crippen LogP contribution < -0.4 is 5.56 Å². The molecule has 1 atom stereocenters. The number of rotatable bonds is 4. The van der Waals surface area contributed by atoms with E-state index in [9.17, 15) is 9.59 Å². The normalized spacial score (nSPS) is 16.1. The second-order valence-electron chi connectivity index (χ2n) is 7.17. The molecule has 0 bridgehead atoms. The lowest BCUT2D eigenvalue weighted by Crippen LogP contribution is -2.42. The van der Waals surface area contributed by atoms with Crippen LogP contribution in [-0.4, -0.2) is 33.7 Å². The SMILES string of the molecule is CC(C(=O)N1CCC(n2nc(-c3ccco3)ccc2=O)CC1)c1ccccc1. The predicted octanol–water partition coefficient (Wildman–Crippen LogP) is 3.47. The average Bonchev–Trinajstić information content (AvgIpc) is 3.29. The van der Waals surface area contributed by atoms with Crippen LogP contribution in [0.3, 0.4) is 0 Å². The summed E-state index contributed by atoms with van der Waals surface area (Å²) in [7, 11) is 0. The molecule has 1 aromatic carbocycles. The van der Waals surface area contributed by atoms with Crippen LogP contribution in [0.2, 0.25) is 0 Å². The van der Waals surface area contributed by atoms with Gasteiger partial charge in [-0.25, -0.2) is 4.68 Å². The lowest BCUT2D eigenvalue weighted by Gasteiger charge is -2.34. The van der Waals surface area contributed by atoms with Gasteiger partial charge in [-0.1, -0.05) is 30.3 Å². The number of amides is 1. The maximum atomic E-state index is 12.8. The van der Waals surface area contributed by atoms with E-state index in [1.807, 2.05) is 48.2 Å². The number of nitrogens with zero attached hydrogens (tertiary/aromatic N) is 3. The van der Waals surface area contributed by atoms with Crippen LogP contribution in [0.5, 0.6) is 0 Å². The van der Waals surface area contributed by atoms with Crippen molar-refractivity contribution in [2.75, 3.05) is 13.1 Å². The molecular weight excluding hydrogens is 354 g/mol. The lowest BCUT2D eigenvalue weighted by molar-refractivity contribution is -0.133. The molecule has 1 fully saturated rings. The standard InChI is InChI=1S/C22H23N3O3/c1-16(17-6-3-2-4-7-17)22(27)24-13-11-18(12-14-24)25-21(26)10-9-19(23-25)20-8-5-15-28-20/h2-10,15-16,18H,11-14H2,1H3. The molecule has 1 aliphatic rings. The summed E-state index contributed by atoms with van der Waals surface area (Å²) in [5.74, 6) is 0.605. The van der Waals surface area contributed by atoms with Gasteiger partial charge >= 0.3 is 0 Å². The van der Waals surface area contributed by atoms with Crippen molar-refractivity contribution in [1.29, 1.82) is 0 Å². The van der Waals surface area contributed by atoms with E-state index in [-0.39, 0.29) is 23.4 Å². The highest BCUT2D eigenvalue weighted by Gasteiger charge is 2.28. The van der Waals surface area contributed by atoms with Crippen molar-refractivity contribution < 1.29 is 9.21 Å². The zero-order valence-electron chi connectivity index (χ0n) is 15.8. The van der Waals surface area contributed by atoms with Gasteiger partial charge in [0.25, 0.3) is 5.56 Å². The maximum absolute atomic E-state index is 12.8. The van der Waals surface area contributed by atoms with Gasteiger partial charge in [-0.3, -0.25) is 9.59 Å². The fraction of sp³-hybridized carbons (Fsp3) is 0.318. The van der Waals surface area contributed by atoms with Crippen LogP contribution >= 0.6 is 0 Å². The Hall–Kier alpha value is -3.15. The van der Waals surface area contributed by atoms with Crippen molar-refractivity contribution in [2.24, 2.45) is 0 Å². The number of aromatic nitrogens is 2. The van der Waals surface area contributed by atoms with Crippen LogP contribution in [0.15, 0.2) is 70.1 Å². The number of carbonyl (C=O) groups excluding carboxylic acids is 1. The molecule has 0 aliphatic carbocycles. The zero-order chi connectivity index (χ0) is 19.5. The summed E-state index contributed by atoms with van der Waals surface area (Å²) in [6.07, 6.45) is 3.01. The fourth-order valence-corrected chi connectivity index (χ4v) is 3.73. The van der Waals surface area contributed by atoms with Crippen LogP contribution in [0.25, 0.3) is 11.5 Å². The van der Waals surface area contributed by atoms with Crippen LogP contribution in [0.1, 0.15) is 37.3 Å². The van der Waals surface area contributed by atoms with E-state index in [1.54, 1.807) is 23.1 Å². The number of hydrogen-bond donors (Lipinski definition) is 0. The third kappa shape index (κ3) is 3.63. The molecule has 6 heteroatoms. The van der Waals surface area contributed by atoms with E-state index in [0.29, 0.717) is 37.4 Å². The molecule has 0 radical (unpaired) electrons. The van der Waals surface area contributed by atoms with Crippen molar-refractivity contribution in [3.05, 3.63) is 76.8 Å². The number of carbonyl (C=O) groups is 1. The van der Waals surface area contributed by atoms with Crippen LogP contribution in [-0.2, 0) is 4.79 Å². The molecule has 1 saturated heterocycles. The minimum Gasteiger partial charge on any atom is -0.463 e. The van der Waals surface area contributed by atoms with E-state index in [1.165, 1.54) is 6.07 Å². The smallest absolute Gasteiger partial charge is 0.267 e. The highest BCUT2D eigenvalue weighted by Crippen LogP contribution is 2.25. The van der Waals surface area contributed by atoms with Gasteiger partial charge < -0.3 is 9.32 Å².